The molecule has 0 saturated carbocycles. The van der Waals surface area contributed by atoms with Crippen LogP contribution in [-0.2, 0) is 20.9 Å². The molecule has 0 radical (unpaired) electrons. The van der Waals surface area contributed by atoms with Crippen LogP contribution in [0.1, 0.15) is 32.3 Å². The van der Waals surface area contributed by atoms with Gasteiger partial charge >= 0.3 is 12.0 Å². The van der Waals surface area contributed by atoms with E-state index in [-0.39, 0.29) is 18.0 Å². The summed E-state index contributed by atoms with van der Waals surface area (Å²) in [6, 6.07) is 6.85. The molecule has 1 aromatic rings. The Kier molecular flexibility index (Phi) is 6.35. The second-order valence-electron chi connectivity index (χ2n) is 6.20. The van der Waals surface area contributed by atoms with E-state index in [0.717, 1.165) is 5.56 Å². The van der Waals surface area contributed by atoms with Crippen LogP contribution in [0.25, 0.3) is 0 Å². The molecule has 0 unspecified atom stereocenters. The third-order valence-corrected chi connectivity index (χ3v) is 3.69. The van der Waals surface area contributed by atoms with Crippen LogP contribution in [0.2, 0.25) is 0 Å². The molecule has 1 aromatic carbocycles. The number of rotatable bonds is 6. The number of aliphatic carboxylic acids is 1. The van der Waals surface area contributed by atoms with E-state index < -0.39 is 18.2 Å². The predicted molar refractivity (Wildman–Crippen MR) is 91.1 cm³/mol. The fourth-order valence-corrected chi connectivity index (χ4v) is 2.45. The van der Waals surface area contributed by atoms with Crippen LogP contribution in [0.4, 0.5) is 10.5 Å². The SMILES string of the molecule is CC(C)NC(=O)Nc1ccc(CNC(=O)[C@@H]2CC[C@H](C(=O)O)O2)cc1. The highest BCUT2D eigenvalue weighted by Gasteiger charge is 2.34. The molecule has 0 aromatic heterocycles. The van der Waals surface area contributed by atoms with Crippen LogP contribution in [0.15, 0.2) is 24.3 Å². The van der Waals surface area contributed by atoms with Crippen LogP contribution in [0, 0.1) is 0 Å². The minimum atomic E-state index is -1.04. The lowest BCUT2D eigenvalue weighted by molar-refractivity contribution is -0.151. The minimum Gasteiger partial charge on any atom is -0.479 e. The van der Waals surface area contributed by atoms with Crippen LogP contribution in [0.3, 0.4) is 0 Å². The lowest BCUT2D eigenvalue weighted by Gasteiger charge is -2.13. The van der Waals surface area contributed by atoms with E-state index in [0.29, 0.717) is 25.1 Å². The highest BCUT2D eigenvalue weighted by molar-refractivity contribution is 5.89. The maximum Gasteiger partial charge on any atom is 0.332 e. The van der Waals surface area contributed by atoms with E-state index in [1.165, 1.54) is 0 Å². The number of carbonyl (C=O) groups excluding carboxylic acids is 2. The van der Waals surface area contributed by atoms with Gasteiger partial charge in [0.2, 0.25) is 5.91 Å². The van der Waals surface area contributed by atoms with Gasteiger partial charge in [0.1, 0.15) is 6.10 Å². The fourth-order valence-electron chi connectivity index (χ4n) is 2.45. The van der Waals surface area contributed by atoms with Gasteiger partial charge in [-0.3, -0.25) is 4.79 Å². The highest BCUT2D eigenvalue weighted by Crippen LogP contribution is 2.20. The first kappa shape index (κ1) is 18.7. The van der Waals surface area contributed by atoms with Gasteiger partial charge < -0.3 is 25.8 Å². The van der Waals surface area contributed by atoms with Crippen LogP contribution in [-0.4, -0.2) is 41.3 Å². The number of carbonyl (C=O) groups is 3. The first-order valence-electron chi connectivity index (χ1n) is 8.17. The molecule has 1 fully saturated rings. The quantitative estimate of drug-likeness (QED) is 0.620. The topological polar surface area (TPSA) is 117 Å². The largest absolute Gasteiger partial charge is 0.479 e. The Morgan fingerprint density at radius 1 is 1.16 bits per heavy atom. The number of amides is 3. The van der Waals surface area contributed by atoms with Crippen molar-refractivity contribution in [1.82, 2.24) is 10.6 Å². The maximum atomic E-state index is 12.0. The molecule has 2 atom stereocenters. The Bertz CT molecular complexity index is 630. The van der Waals surface area contributed by atoms with Gasteiger partial charge in [-0.25, -0.2) is 9.59 Å². The third-order valence-electron chi connectivity index (χ3n) is 3.69. The molecule has 3 amide bonds. The van der Waals surface area contributed by atoms with Gasteiger partial charge in [-0.1, -0.05) is 12.1 Å². The molecule has 0 bridgehead atoms. The van der Waals surface area contributed by atoms with Crippen molar-refractivity contribution < 1.29 is 24.2 Å². The zero-order valence-corrected chi connectivity index (χ0v) is 14.2. The first-order chi connectivity index (χ1) is 11.8. The molecule has 136 valence electrons. The lowest BCUT2D eigenvalue weighted by Crippen LogP contribution is -2.35. The van der Waals surface area contributed by atoms with Gasteiger partial charge in [-0.05, 0) is 44.4 Å². The summed E-state index contributed by atoms with van der Waals surface area (Å²) in [5.74, 6) is -1.36. The zero-order chi connectivity index (χ0) is 18.4. The summed E-state index contributed by atoms with van der Waals surface area (Å²) in [6.07, 6.45) is -0.886. The number of hydrogen-bond donors (Lipinski definition) is 4. The summed E-state index contributed by atoms with van der Waals surface area (Å²) in [4.78, 5) is 34.4. The van der Waals surface area contributed by atoms with E-state index in [2.05, 4.69) is 16.0 Å². The average molecular weight is 349 g/mol. The summed E-state index contributed by atoms with van der Waals surface area (Å²) in [7, 11) is 0. The molecular formula is C17H23N3O5. The van der Waals surface area contributed by atoms with Crippen molar-refractivity contribution in [2.75, 3.05) is 5.32 Å². The summed E-state index contributed by atoms with van der Waals surface area (Å²) in [5.41, 5.74) is 1.51. The molecule has 1 saturated heterocycles. The van der Waals surface area contributed by atoms with Crippen molar-refractivity contribution in [3.63, 3.8) is 0 Å². The van der Waals surface area contributed by atoms with E-state index in [1.807, 2.05) is 13.8 Å². The zero-order valence-electron chi connectivity index (χ0n) is 14.2. The monoisotopic (exact) mass is 349 g/mol. The van der Waals surface area contributed by atoms with Gasteiger partial charge in [-0.2, -0.15) is 0 Å². The third kappa shape index (κ3) is 5.75. The fraction of sp³-hybridized carbons (Fsp3) is 0.471. The summed E-state index contributed by atoms with van der Waals surface area (Å²) < 4.78 is 5.20. The van der Waals surface area contributed by atoms with Gasteiger partial charge in [0.05, 0.1) is 0 Å². The van der Waals surface area contributed by atoms with Crippen LogP contribution in [0.5, 0.6) is 0 Å². The summed E-state index contributed by atoms with van der Waals surface area (Å²) >= 11 is 0. The smallest absolute Gasteiger partial charge is 0.332 e. The number of benzene rings is 1. The standard InChI is InChI=1S/C17H23N3O5/c1-10(2)19-17(24)20-12-5-3-11(4-6-12)9-18-15(21)13-7-8-14(25-13)16(22)23/h3-6,10,13-14H,7-9H2,1-2H3,(H,18,21)(H,22,23)(H2,19,20,24)/t13-,14+/m0/s1. The molecule has 4 N–H and O–H groups in total. The molecule has 8 nitrogen and oxygen atoms in total. The van der Waals surface area contributed by atoms with Crippen LogP contribution < -0.4 is 16.0 Å². The molecule has 0 aliphatic carbocycles. The van der Waals surface area contributed by atoms with E-state index in [1.54, 1.807) is 24.3 Å². The Balaban J connectivity index is 1.78. The van der Waals surface area contributed by atoms with E-state index in [9.17, 15) is 14.4 Å². The summed E-state index contributed by atoms with van der Waals surface area (Å²) in [5, 5.41) is 17.0. The molecule has 2 rings (SSSR count). The number of carboxylic acid groups (broad SMARTS) is 1. The van der Waals surface area contributed by atoms with E-state index in [4.69, 9.17) is 9.84 Å². The molecule has 25 heavy (non-hydrogen) atoms. The average Bonchev–Trinajstić information content (AvgIpc) is 3.03. The van der Waals surface area contributed by atoms with Crippen molar-refractivity contribution >= 4 is 23.6 Å². The van der Waals surface area contributed by atoms with Crippen molar-refractivity contribution in [2.45, 2.75) is 51.5 Å². The minimum absolute atomic E-state index is 0.0491. The molecule has 1 aliphatic heterocycles. The normalized spacial score (nSPS) is 19.5. The van der Waals surface area contributed by atoms with Crippen molar-refractivity contribution in [3.05, 3.63) is 29.8 Å². The Hall–Kier alpha value is -2.61. The lowest BCUT2D eigenvalue weighted by atomic mass is 10.1. The number of carboxylic acids is 1. The molecule has 0 spiro atoms. The molecule has 1 heterocycles. The second kappa shape index (κ2) is 8.48. The van der Waals surface area contributed by atoms with E-state index >= 15 is 0 Å². The van der Waals surface area contributed by atoms with Gasteiger partial charge in [-0.15, -0.1) is 0 Å². The van der Waals surface area contributed by atoms with Crippen LogP contribution >= 0.6 is 0 Å². The Labute approximate surface area is 145 Å². The van der Waals surface area contributed by atoms with Crippen molar-refractivity contribution in [2.24, 2.45) is 0 Å². The van der Waals surface area contributed by atoms with Gasteiger partial charge in [0, 0.05) is 18.3 Å². The number of urea groups is 1. The van der Waals surface area contributed by atoms with Crippen molar-refractivity contribution in [1.29, 1.82) is 0 Å². The van der Waals surface area contributed by atoms with Gasteiger partial charge in [0.15, 0.2) is 6.10 Å². The highest BCUT2D eigenvalue weighted by atomic mass is 16.5. The number of hydrogen-bond acceptors (Lipinski definition) is 4. The van der Waals surface area contributed by atoms with Crippen molar-refractivity contribution in [3.8, 4) is 0 Å². The molecular weight excluding hydrogens is 326 g/mol. The summed E-state index contributed by atoms with van der Waals surface area (Å²) in [6.45, 7) is 4.05. The number of nitrogens with one attached hydrogen (secondary N) is 3. The van der Waals surface area contributed by atoms with Gasteiger partial charge in [0.25, 0.3) is 0 Å². The predicted octanol–water partition coefficient (Wildman–Crippen LogP) is 1.46. The Morgan fingerprint density at radius 2 is 1.80 bits per heavy atom. The Morgan fingerprint density at radius 3 is 2.36 bits per heavy atom. The molecule has 8 heteroatoms. The first-order valence-corrected chi connectivity index (χ1v) is 8.17. The number of ether oxygens (including phenoxy) is 1. The maximum absolute atomic E-state index is 12.0. The second-order valence-corrected chi connectivity index (χ2v) is 6.20. The molecule has 1 aliphatic rings. The number of anilines is 1.